The summed E-state index contributed by atoms with van der Waals surface area (Å²) >= 11 is 0. The molecule has 3 aliphatic rings. The summed E-state index contributed by atoms with van der Waals surface area (Å²) in [5.41, 5.74) is 2.69. The van der Waals surface area contributed by atoms with Crippen molar-refractivity contribution in [1.82, 2.24) is 25.0 Å². The molecule has 0 unspecified atom stereocenters. The fourth-order valence-electron chi connectivity index (χ4n) is 5.13. The zero-order valence-corrected chi connectivity index (χ0v) is 17.3. The van der Waals surface area contributed by atoms with Crippen LogP contribution in [0.3, 0.4) is 0 Å². The lowest BCUT2D eigenvalue weighted by atomic mass is 9.94. The first-order chi connectivity index (χ1) is 14.7. The Hall–Kier alpha value is -2.90. The average Bonchev–Trinajstić information content (AvgIpc) is 3.54. The van der Waals surface area contributed by atoms with Gasteiger partial charge < -0.3 is 14.5 Å². The second-order valence-corrected chi connectivity index (χ2v) is 8.51. The van der Waals surface area contributed by atoms with E-state index in [0.717, 1.165) is 44.2 Å². The molecule has 1 saturated carbocycles. The van der Waals surface area contributed by atoms with Crippen molar-refractivity contribution in [2.75, 3.05) is 20.2 Å². The van der Waals surface area contributed by atoms with Crippen LogP contribution in [-0.2, 0) is 6.54 Å². The number of amides is 2. The number of nitrogens with zero attached hydrogens (tertiary/aromatic N) is 4. The molecular weight excluding hydrogens is 382 g/mol. The molecule has 0 aromatic carbocycles. The van der Waals surface area contributed by atoms with Crippen LogP contribution < -0.4 is 4.74 Å². The standard InChI is InChI=1S/C22H27N5O3/c1-30-20-17(21(28)26-10-4-5-14(12-26)18-8-9-23-25-18)11-16-19(24-20)13-27(22(16)29)15-6-2-3-7-15/h8-9,11,14-15H,2-7,10,12-13H2,1H3,(H,23,25)/t14-/m0/s1. The summed E-state index contributed by atoms with van der Waals surface area (Å²) in [6, 6.07) is 3.96. The Balaban J connectivity index is 1.41. The number of piperidine rings is 1. The Bertz CT molecular complexity index is 952. The van der Waals surface area contributed by atoms with E-state index in [1.807, 2.05) is 15.9 Å². The van der Waals surface area contributed by atoms with E-state index in [1.165, 1.54) is 7.11 Å². The molecule has 4 heterocycles. The maximum absolute atomic E-state index is 13.4. The molecule has 158 valence electrons. The van der Waals surface area contributed by atoms with Crippen molar-refractivity contribution in [3.8, 4) is 5.88 Å². The van der Waals surface area contributed by atoms with Gasteiger partial charge in [-0.3, -0.25) is 14.7 Å². The number of hydrogen-bond acceptors (Lipinski definition) is 5. The maximum atomic E-state index is 13.4. The topological polar surface area (TPSA) is 91.4 Å². The van der Waals surface area contributed by atoms with E-state index in [9.17, 15) is 9.59 Å². The molecule has 5 rings (SSSR count). The molecule has 0 bridgehead atoms. The molecule has 1 N–H and O–H groups in total. The summed E-state index contributed by atoms with van der Waals surface area (Å²) in [6.07, 6.45) is 8.10. The van der Waals surface area contributed by atoms with Gasteiger partial charge in [-0.05, 0) is 37.8 Å². The Morgan fingerprint density at radius 2 is 2.07 bits per heavy atom. The molecule has 0 spiro atoms. The minimum atomic E-state index is -0.126. The van der Waals surface area contributed by atoms with Crippen molar-refractivity contribution in [1.29, 1.82) is 0 Å². The molecule has 1 saturated heterocycles. The number of nitrogens with one attached hydrogen (secondary N) is 1. The minimum Gasteiger partial charge on any atom is -0.480 e. The van der Waals surface area contributed by atoms with E-state index in [2.05, 4.69) is 15.2 Å². The van der Waals surface area contributed by atoms with E-state index < -0.39 is 0 Å². The molecule has 2 fully saturated rings. The molecular formula is C22H27N5O3. The normalized spacial score (nSPS) is 21.9. The van der Waals surface area contributed by atoms with E-state index in [-0.39, 0.29) is 23.8 Å². The largest absolute Gasteiger partial charge is 0.480 e. The zero-order valence-electron chi connectivity index (χ0n) is 17.3. The highest BCUT2D eigenvalue weighted by Crippen LogP contribution is 2.34. The van der Waals surface area contributed by atoms with Crippen LogP contribution in [-0.4, -0.2) is 63.0 Å². The number of likely N-dealkylation sites (tertiary alicyclic amines) is 1. The van der Waals surface area contributed by atoms with E-state index >= 15 is 0 Å². The van der Waals surface area contributed by atoms with E-state index in [0.29, 0.717) is 42.3 Å². The molecule has 2 aromatic heterocycles. The predicted octanol–water partition coefficient (Wildman–Crippen LogP) is 2.73. The monoisotopic (exact) mass is 409 g/mol. The molecule has 1 atom stereocenters. The molecule has 2 aliphatic heterocycles. The highest BCUT2D eigenvalue weighted by atomic mass is 16.5. The van der Waals surface area contributed by atoms with Gasteiger partial charge in [-0.15, -0.1) is 0 Å². The lowest BCUT2D eigenvalue weighted by Gasteiger charge is -2.32. The molecule has 2 aromatic rings. The van der Waals surface area contributed by atoms with Crippen LogP contribution in [0.5, 0.6) is 5.88 Å². The van der Waals surface area contributed by atoms with Crippen molar-refractivity contribution >= 4 is 11.8 Å². The van der Waals surface area contributed by atoms with Crippen LogP contribution in [0, 0.1) is 0 Å². The fourth-order valence-corrected chi connectivity index (χ4v) is 5.13. The molecule has 30 heavy (non-hydrogen) atoms. The first kappa shape index (κ1) is 19.1. The number of hydrogen-bond donors (Lipinski definition) is 1. The van der Waals surface area contributed by atoms with Crippen LogP contribution in [0.1, 0.15) is 76.5 Å². The number of methoxy groups -OCH3 is 1. The van der Waals surface area contributed by atoms with Gasteiger partial charge in [-0.1, -0.05) is 12.8 Å². The number of aromatic amines is 1. The Morgan fingerprint density at radius 1 is 1.23 bits per heavy atom. The first-order valence-corrected chi connectivity index (χ1v) is 10.8. The Kier molecular flexibility index (Phi) is 4.92. The van der Waals surface area contributed by atoms with E-state index in [1.54, 1.807) is 12.3 Å². The summed E-state index contributed by atoms with van der Waals surface area (Å²) in [5, 5.41) is 7.06. The van der Waals surface area contributed by atoms with Crippen LogP contribution in [0.4, 0.5) is 0 Å². The van der Waals surface area contributed by atoms with Crippen molar-refractivity contribution in [2.45, 2.75) is 57.0 Å². The van der Waals surface area contributed by atoms with Crippen molar-refractivity contribution < 1.29 is 14.3 Å². The predicted molar refractivity (Wildman–Crippen MR) is 109 cm³/mol. The third kappa shape index (κ3) is 3.24. The Morgan fingerprint density at radius 3 is 2.80 bits per heavy atom. The number of pyridine rings is 1. The Labute approximate surface area is 175 Å². The molecule has 8 heteroatoms. The van der Waals surface area contributed by atoms with Crippen molar-refractivity contribution in [3.05, 3.63) is 40.8 Å². The third-order valence-electron chi connectivity index (χ3n) is 6.74. The third-order valence-corrected chi connectivity index (χ3v) is 6.74. The number of carbonyl (C=O) groups is 2. The number of H-pyrrole nitrogens is 1. The smallest absolute Gasteiger partial charge is 0.259 e. The van der Waals surface area contributed by atoms with Gasteiger partial charge in [0.25, 0.3) is 11.8 Å². The van der Waals surface area contributed by atoms with Gasteiger partial charge in [0.2, 0.25) is 5.88 Å². The summed E-state index contributed by atoms with van der Waals surface area (Å²) in [5.74, 6) is 0.412. The average molecular weight is 409 g/mol. The highest BCUT2D eigenvalue weighted by molar-refractivity contribution is 6.03. The van der Waals surface area contributed by atoms with E-state index in [4.69, 9.17) is 4.74 Å². The van der Waals surface area contributed by atoms with Gasteiger partial charge in [0.05, 0.1) is 24.9 Å². The van der Waals surface area contributed by atoms with Crippen LogP contribution in [0.15, 0.2) is 18.3 Å². The second kappa shape index (κ2) is 7.74. The molecule has 0 radical (unpaired) electrons. The van der Waals surface area contributed by atoms with Crippen LogP contribution in [0.2, 0.25) is 0 Å². The minimum absolute atomic E-state index is 0.00455. The van der Waals surface area contributed by atoms with Crippen LogP contribution in [0.25, 0.3) is 0 Å². The van der Waals surface area contributed by atoms with Gasteiger partial charge in [0.15, 0.2) is 0 Å². The van der Waals surface area contributed by atoms with Gasteiger partial charge in [0, 0.05) is 36.9 Å². The molecule has 8 nitrogen and oxygen atoms in total. The number of ether oxygens (including phenoxy) is 1. The zero-order chi connectivity index (χ0) is 20.7. The van der Waals surface area contributed by atoms with Crippen molar-refractivity contribution in [3.63, 3.8) is 0 Å². The van der Waals surface area contributed by atoms with Gasteiger partial charge in [-0.25, -0.2) is 4.98 Å². The summed E-state index contributed by atoms with van der Waals surface area (Å²) in [4.78, 5) is 34.8. The van der Waals surface area contributed by atoms with Gasteiger partial charge in [-0.2, -0.15) is 5.10 Å². The highest BCUT2D eigenvalue weighted by Gasteiger charge is 2.37. The number of aromatic nitrogens is 3. The van der Waals surface area contributed by atoms with Crippen LogP contribution >= 0.6 is 0 Å². The number of carbonyl (C=O) groups excluding carboxylic acids is 2. The lowest BCUT2D eigenvalue weighted by Crippen LogP contribution is -2.39. The quantitative estimate of drug-likeness (QED) is 0.838. The first-order valence-electron chi connectivity index (χ1n) is 10.8. The summed E-state index contributed by atoms with van der Waals surface area (Å²) in [6.45, 7) is 1.81. The summed E-state index contributed by atoms with van der Waals surface area (Å²) in [7, 11) is 1.53. The molecule has 1 aliphatic carbocycles. The van der Waals surface area contributed by atoms with Gasteiger partial charge >= 0.3 is 0 Å². The fraction of sp³-hybridized carbons (Fsp3) is 0.545. The second-order valence-electron chi connectivity index (χ2n) is 8.51. The number of fused-ring (bicyclic) bond motifs is 1. The number of rotatable bonds is 4. The molecule has 2 amide bonds. The summed E-state index contributed by atoms with van der Waals surface area (Å²) < 4.78 is 5.47. The lowest BCUT2D eigenvalue weighted by molar-refractivity contribution is 0.0701. The van der Waals surface area contributed by atoms with Crippen molar-refractivity contribution in [2.24, 2.45) is 0 Å². The van der Waals surface area contributed by atoms with Gasteiger partial charge in [0.1, 0.15) is 5.56 Å². The SMILES string of the molecule is COc1nc2c(cc1C(=O)N1CCC[C@H](c3ccn[nH]3)C1)C(=O)N(C1CCCC1)C2. The maximum Gasteiger partial charge on any atom is 0.259 e.